The van der Waals surface area contributed by atoms with E-state index in [4.69, 9.17) is 9.47 Å². The van der Waals surface area contributed by atoms with Crippen LogP contribution in [0.1, 0.15) is 71.6 Å². The van der Waals surface area contributed by atoms with E-state index in [1.807, 2.05) is 36.2 Å². The monoisotopic (exact) mass is 492 g/mol. The van der Waals surface area contributed by atoms with Crippen LogP contribution in [0.25, 0.3) is 10.9 Å². The summed E-state index contributed by atoms with van der Waals surface area (Å²) in [5, 5.41) is 5.57. The fourth-order valence-electron chi connectivity index (χ4n) is 9.98. The SMILES string of the molecule is COCC12CCC(C)CC1CCC1C3CCC(C(=O)Cn4ncc5c(OC)cccc54)C3(C)CCC12. The Kier molecular flexibility index (Phi) is 6.21. The number of fused-ring (bicyclic) bond motifs is 6. The van der Waals surface area contributed by atoms with E-state index in [1.165, 1.54) is 51.4 Å². The van der Waals surface area contributed by atoms with Gasteiger partial charge in [-0.2, -0.15) is 5.10 Å². The van der Waals surface area contributed by atoms with Gasteiger partial charge in [0.1, 0.15) is 12.3 Å². The Morgan fingerprint density at radius 3 is 2.75 bits per heavy atom. The molecule has 0 amide bonds. The van der Waals surface area contributed by atoms with Crippen molar-refractivity contribution in [3.05, 3.63) is 24.4 Å². The normalized spacial score (nSPS) is 39.9. The second-order valence-corrected chi connectivity index (χ2v) is 13.0. The van der Waals surface area contributed by atoms with E-state index in [2.05, 4.69) is 18.9 Å². The highest BCUT2D eigenvalue weighted by atomic mass is 16.5. The molecule has 5 nitrogen and oxygen atoms in total. The number of carbonyl (C=O) groups is 1. The molecule has 2 aromatic rings. The fourth-order valence-corrected chi connectivity index (χ4v) is 9.98. The van der Waals surface area contributed by atoms with Crippen molar-refractivity contribution in [3.63, 3.8) is 0 Å². The molecule has 0 saturated heterocycles. The molecule has 4 aliphatic rings. The van der Waals surface area contributed by atoms with E-state index in [1.54, 1.807) is 7.11 Å². The first-order valence-corrected chi connectivity index (χ1v) is 14.4. The molecule has 8 atom stereocenters. The summed E-state index contributed by atoms with van der Waals surface area (Å²) in [6, 6.07) is 5.98. The Hall–Kier alpha value is -1.88. The van der Waals surface area contributed by atoms with Gasteiger partial charge in [0, 0.05) is 13.0 Å². The predicted octanol–water partition coefficient (Wildman–Crippen LogP) is 6.54. The third-order valence-corrected chi connectivity index (χ3v) is 11.6. The third kappa shape index (κ3) is 3.59. The zero-order valence-corrected chi connectivity index (χ0v) is 22.7. The van der Waals surface area contributed by atoms with Gasteiger partial charge >= 0.3 is 0 Å². The minimum atomic E-state index is 0.127. The zero-order chi connectivity index (χ0) is 25.1. The van der Waals surface area contributed by atoms with Crippen molar-refractivity contribution < 1.29 is 14.3 Å². The summed E-state index contributed by atoms with van der Waals surface area (Å²) in [6.45, 7) is 6.22. The second-order valence-electron chi connectivity index (χ2n) is 13.0. The minimum Gasteiger partial charge on any atom is -0.496 e. The van der Waals surface area contributed by atoms with E-state index in [0.29, 0.717) is 23.7 Å². The number of ether oxygens (including phenoxy) is 2. The van der Waals surface area contributed by atoms with Crippen LogP contribution in [-0.2, 0) is 16.1 Å². The number of hydrogen-bond acceptors (Lipinski definition) is 4. The number of methoxy groups -OCH3 is 2. The van der Waals surface area contributed by atoms with Gasteiger partial charge in [-0.3, -0.25) is 9.48 Å². The summed E-state index contributed by atoms with van der Waals surface area (Å²) in [5.74, 6) is 5.24. The van der Waals surface area contributed by atoms with Crippen molar-refractivity contribution in [1.29, 1.82) is 0 Å². The lowest BCUT2D eigenvalue weighted by Crippen LogP contribution is -2.56. The van der Waals surface area contributed by atoms with Crippen LogP contribution in [0.2, 0.25) is 0 Å². The van der Waals surface area contributed by atoms with Gasteiger partial charge in [-0.1, -0.05) is 26.3 Å². The Balaban J connectivity index is 1.23. The first-order chi connectivity index (χ1) is 17.4. The molecule has 5 heteroatoms. The molecule has 4 aliphatic carbocycles. The zero-order valence-electron chi connectivity index (χ0n) is 22.7. The highest BCUT2D eigenvalue weighted by molar-refractivity contribution is 5.88. The molecular formula is C31H44N2O3. The number of aromatic nitrogens is 2. The highest BCUT2D eigenvalue weighted by Gasteiger charge is 2.62. The number of Topliss-reactive ketones (excluding diaryl/α,β-unsaturated/α-hetero) is 1. The number of ketones is 1. The quantitative estimate of drug-likeness (QED) is 0.460. The molecule has 1 aromatic heterocycles. The number of benzene rings is 1. The first-order valence-electron chi connectivity index (χ1n) is 14.4. The van der Waals surface area contributed by atoms with Crippen molar-refractivity contribution >= 4 is 16.7 Å². The van der Waals surface area contributed by atoms with Gasteiger partial charge in [0.2, 0.25) is 0 Å². The Morgan fingerprint density at radius 2 is 1.94 bits per heavy atom. The molecule has 196 valence electrons. The van der Waals surface area contributed by atoms with Crippen molar-refractivity contribution in [1.82, 2.24) is 9.78 Å². The summed E-state index contributed by atoms with van der Waals surface area (Å²) in [4.78, 5) is 13.8. The van der Waals surface area contributed by atoms with Gasteiger partial charge in [-0.05, 0) is 104 Å². The molecule has 0 bridgehead atoms. The topological polar surface area (TPSA) is 53.4 Å². The lowest BCUT2D eigenvalue weighted by molar-refractivity contribution is -0.154. The van der Waals surface area contributed by atoms with E-state index in [-0.39, 0.29) is 11.3 Å². The Bertz CT molecular complexity index is 1130. The summed E-state index contributed by atoms with van der Waals surface area (Å²) in [5.41, 5.74) is 1.49. The van der Waals surface area contributed by atoms with E-state index in [0.717, 1.165) is 53.4 Å². The molecule has 0 N–H and O–H groups in total. The average molecular weight is 493 g/mol. The first kappa shape index (κ1) is 24.5. The van der Waals surface area contributed by atoms with Gasteiger partial charge in [0.15, 0.2) is 5.78 Å². The van der Waals surface area contributed by atoms with Gasteiger partial charge in [-0.25, -0.2) is 0 Å². The van der Waals surface area contributed by atoms with Crippen LogP contribution >= 0.6 is 0 Å². The van der Waals surface area contributed by atoms with Gasteiger partial charge in [-0.15, -0.1) is 0 Å². The smallest absolute Gasteiger partial charge is 0.157 e. The average Bonchev–Trinajstić information content (AvgIpc) is 3.45. The summed E-state index contributed by atoms with van der Waals surface area (Å²) in [7, 11) is 3.60. The molecule has 4 fully saturated rings. The number of carbonyl (C=O) groups excluding carboxylic acids is 1. The number of rotatable bonds is 6. The van der Waals surface area contributed by atoms with Gasteiger partial charge < -0.3 is 9.47 Å². The molecule has 0 spiro atoms. The lowest BCUT2D eigenvalue weighted by Gasteiger charge is -2.61. The Morgan fingerprint density at radius 1 is 1.08 bits per heavy atom. The number of nitrogens with zero attached hydrogens (tertiary/aromatic N) is 2. The molecule has 0 aliphatic heterocycles. The van der Waals surface area contributed by atoms with Crippen molar-refractivity contribution in [2.75, 3.05) is 20.8 Å². The van der Waals surface area contributed by atoms with Crippen LogP contribution in [0, 0.1) is 46.3 Å². The van der Waals surface area contributed by atoms with Gasteiger partial charge in [0.05, 0.1) is 30.8 Å². The van der Waals surface area contributed by atoms with Gasteiger partial charge in [0.25, 0.3) is 0 Å². The molecule has 8 unspecified atom stereocenters. The van der Waals surface area contributed by atoms with Crippen LogP contribution in [0.4, 0.5) is 0 Å². The Labute approximate surface area is 216 Å². The molecule has 36 heavy (non-hydrogen) atoms. The maximum Gasteiger partial charge on any atom is 0.157 e. The largest absolute Gasteiger partial charge is 0.496 e. The fraction of sp³-hybridized carbons (Fsp3) is 0.742. The highest BCUT2D eigenvalue weighted by Crippen LogP contribution is 2.68. The summed E-state index contributed by atoms with van der Waals surface area (Å²) >= 11 is 0. The van der Waals surface area contributed by atoms with E-state index >= 15 is 0 Å². The lowest BCUT2D eigenvalue weighted by atomic mass is 9.44. The van der Waals surface area contributed by atoms with Crippen LogP contribution < -0.4 is 4.74 Å². The van der Waals surface area contributed by atoms with Crippen LogP contribution in [-0.4, -0.2) is 36.4 Å². The molecule has 1 heterocycles. The third-order valence-electron chi connectivity index (χ3n) is 11.6. The standard InChI is InChI=1S/C31H44N2O3/c1-20-12-15-31(19-35-3)21(16-20)8-9-22-24-10-11-26(30(24,2)14-13-25(22)31)28(34)18-33-27-6-5-7-29(36-4)23(27)17-32-33/h5-7,17,20-22,24-26H,8-16,18-19H2,1-4H3. The molecule has 4 saturated carbocycles. The summed E-state index contributed by atoms with van der Waals surface area (Å²) < 4.78 is 13.4. The van der Waals surface area contributed by atoms with E-state index in [9.17, 15) is 4.79 Å². The van der Waals surface area contributed by atoms with Crippen LogP contribution in [0.3, 0.4) is 0 Å². The van der Waals surface area contributed by atoms with Crippen molar-refractivity contribution in [2.45, 2.75) is 78.2 Å². The molecule has 0 radical (unpaired) electrons. The van der Waals surface area contributed by atoms with Crippen LogP contribution in [0.15, 0.2) is 24.4 Å². The number of hydrogen-bond donors (Lipinski definition) is 0. The summed E-state index contributed by atoms with van der Waals surface area (Å²) in [6.07, 6.45) is 13.4. The maximum absolute atomic E-state index is 13.8. The predicted molar refractivity (Wildman–Crippen MR) is 142 cm³/mol. The van der Waals surface area contributed by atoms with Crippen molar-refractivity contribution in [2.24, 2.45) is 46.3 Å². The second kappa shape index (κ2) is 9.15. The minimum absolute atomic E-state index is 0.127. The van der Waals surface area contributed by atoms with E-state index < -0.39 is 0 Å². The molecular weight excluding hydrogens is 448 g/mol. The van der Waals surface area contributed by atoms with Crippen LogP contribution in [0.5, 0.6) is 5.75 Å². The maximum atomic E-state index is 13.8. The molecule has 1 aromatic carbocycles. The van der Waals surface area contributed by atoms with Crippen molar-refractivity contribution in [3.8, 4) is 5.75 Å². The molecule has 6 rings (SSSR count).